The molecule has 0 fully saturated rings. The summed E-state index contributed by atoms with van der Waals surface area (Å²) in [7, 11) is -1.56. The van der Waals surface area contributed by atoms with Crippen molar-refractivity contribution in [2.24, 2.45) is 0 Å². The molecule has 1 aliphatic heterocycles. The second-order valence-corrected chi connectivity index (χ2v) is 8.20. The molecule has 1 aromatic heterocycles. The van der Waals surface area contributed by atoms with Gasteiger partial charge in [0.15, 0.2) is 0 Å². The van der Waals surface area contributed by atoms with E-state index in [1.54, 1.807) is 24.6 Å². The van der Waals surface area contributed by atoms with Crippen molar-refractivity contribution in [2.45, 2.75) is 5.09 Å². The number of sulfone groups is 1. The van der Waals surface area contributed by atoms with Gasteiger partial charge in [-0.15, -0.1) is 0 Å². The van der Waals surface area contributed by atoms with Crippen molar-refractivity contribution in [1.82, 2.24) is 5.01 Å². The zero-order valence-corrected chi connectivity index (χ0v) is 16.2. The van der Waals surface area contributed by atoms with E-state index in [4.69, 9.17) is 22.6 Å². The molecule has 2 heterocycles. The minimum atomic E-state index is -3.46. The Morgan fingerprint density at radius 3 is 2.30 bits per heavy atom. The van der Waals surface area contributed by atoms with Crippen molar-refractivity contribution >= 4 is 32.8 Å². The maximum absolute atomic E-state index is 11.6. The van der Waals surface area contributed by atoms with Crippen molar-refractivity contribution in [3.8, 4) is 0 Å². The SMILES string of the molecule is [C-]#[N+]C(=C1C=CN(N(C)c2ccc(Cl)cc2)C=C1)c1ccc(S(C)(=O)=O)o1. The Balaban J connectivity index is 1.86. The van der Waals surface area contributed by atoms with Crippen LogP contribution in [0.5, 0.6) is 0 Å². The lowest BCUT2D eigenvalue weighted by Gasteiger charge is -2.31. The lowest BCUT2D eigenvalue weighted by Crippen LogP contribution is -2.32. The van der Waals surface area contributed by atoms with Crippen LogP contribution in [0, 0.1) is 6.57 Å². The van der Waals surface area contributed by atoms with E-state index >= 15 is 0 Å². The third-order valence-electron chi connectivity index (χ3n) is 3.93. The van der Waals surface area contributed by atoms with Crippen molar-refractivity contribution in [3.63, 3.8) is 0 Å². The number of hydrazine groups is 1. The van der Waals surface area contributed by atoms with E-state index < -0.39 is 9.84 Å². The lowest BCUT2D eigenvalue weighted by molar-refractivity contribution is 0.443. The van der Waals surface area contributed by atoms with Gasteiger partial charge in [0, 0.05) is 30.7 Å². The van der Waals surface area contributed by atoms with Gasteiger partial charge in [-0.3, -0.25) is 10.0 Å². The van der Waals surface area contributed by atoms with Gasteiger partial charge in [-0.1, -0.05) is 11.6 Å². The van der Waals surface area contributed by atoms with Gasteiger partial charge < -0.3 is 4.42 Å². The molecule has 0 unspecified atom stereocenters. The fourth-order valence-corrected chi connectivity index (χ4v) is 3.16. The zero-order valence-electron chi connectivity index (χ0n) is 14.6. The Hall–Kier alpha value is -2.95. The highest BCUT2D eigenvalue weighted by Crippen LogP contribution is 2.28. The zero-order chi connectivity index (χ0) is 19.6. The predicted octanol–water partition coefficient (Wildman–Crippen LogP) is 4.36. The first-order valence-electron chi connectivity index (χ1n) is 7.85. The third kappa shape index (κ3) is 4.08. The van der Waals surface area contributed by atoms with E-state index in [1.807, 2.05) is 41.3 Å². The number of nitrogens with zero attached hydrogens (tertiary/aromatic N) is 3. The Morgan fingerprint density at radius 2 is 1.78 bits per heavy atom. The normalized spacial score (nSPS) is 13.6. The molecule has 138 valence electrons. The molecule has 0 saturated carbocycles. The number of anilines is 1. The second kappa shape index (κ2) is 7.35. The number of furan rings is 1. The van der Waals surface area contributed by atoms with Gasteiger partial charge in [0.05, 0.1) is 12.3 Å². The molecule has 27 heavy (non-hydrogen) atoms. The first kappa shape index (κ1) is 18.8. The highest BCUT2D eigenvalue weighted by Gasteiger charge is 2.18. The minimum absolute atomic E-state index is 0.160. The van der Waals surface area contributed by atoms with Gasteiger partial charge in [0.25, 0.3) is 0 Å². The van der Waals surface area contributed by atoms with Crippen molar-refractivity contribution in [2.75, 3.05) is 18.3 Å². The van der Waals surface area contributed by atoms with Crippen LogP contribution in [0.2, 0.25) is 5.02 Å². The summed E-state index contributed by atoms with van der Waals surface area (Å²) in [5.74, 6) is 0.217. The summed E-state index contributed by atoms with van der Waals surface area (Å²) in [5, 5.41) is 4.26. The minimum Gasteiger partial charge on any atom is -0.456 e. The van der Waals surface area contributed by atoms with Gasteiger partial charge in [-0.2, -0.15) is 0 Å². The van der Waals surface area contributed by atoms with E-state index in [1.165, 1.54) is 12.1 Å². The maximum Gasteiger partial charge on any atom is 0.235 e. The average molecular weight is 402 g/mol. The lowest BCUT2D eigenvalue weighted by atomic mass is 10.1. The molecular formula is C19H16ClN3O3S. The van der Waals surface area contributed by atoms with Gasteiger partial charge in [-0.25, -0.2) is 13.3 Å². The molecular weight excluding hydrogens is 386 g/mol. The standard InChI is InChI=1S/C19H16ClN3O3S/c1-21-19(17-8-9-18(26-17)27(3,24)25)14-10-12-23(13-11-14)22(2)16-6-4-15(20)5-7-16/h4-13H,2-3H3. The number of hydrogen-bond donors (Lipinski definition) is 0. The monoisotopic (exact) mass is 401 g/mol. The highest BCUT2D eigenvalue weighted by atomic mass is 35.5. The second-order valence-electron chi connectivity index (χ2n) is 5.82. The number of hydrogen-bond acceptors (Lipinski definition) is 5. The van der Waals surface area contributed by atoms with Crippen LogP contribution < -0.4 is 5.01 Å². The van der Waals surface area contributed by atoms with Crippen molar-refractivity contribution in [3.05, 3.63) is 88.7 Å². The molecule has 0 atom stereocenters. The smallest absolute Gasteiger partial charge is 0.235 e. The molecule has 0 amide bonds. The Labute approximate surface area is 163 Å². The third-order valence-corrected chi connectivity index (χ3v) is 5.13. The summed E-state index contributed by atoms with van der Waals surface area (Å²) in [6, 6.07) is 10.3. The summed E-state index contributed by atoms with van der Waals surface area (Å²) in [5.41, 5.74) is 1.81. The Bertz CT molecular complexity index is 1070. The van der Waals surface area contributed by atoms with Gasteiger partial charge in [0.2, 0.25) is 20.6 Å². The average Bonchev–Trinajstić information content (AvgIpc) is 3.13. The summed E-state index contributed by atoms with van der Waals surface area (Å²) in [4.78, 5) is 3.51. The van der Waals surface area contributed by atoms with Crippen LogP contribution in [0.15, 0.2) is 76.0 Å². The van der Waals surface area contributed by atoms with E-state index in [-0.39, 0.29) is 16.5 Å². The molecule has 0 radical (unpaired) electrons. The van der Waals surface area contributed by atoms with Gasteiger partial charge in [-0.05, 0) is 54.1 Å². The Morgan fingerprint density at radius 1 is 1.15 bits per heavy atom. The summed E-state index contributed by atoms with van der Waals surface area (Å²) in [6.45, 7) is 7.44. The predicted molar refractivity (Wildman–Crippen MR) is 105 cm³/mol. The van der Waals surface area contributed by atoms with Crippen LogP contribution in [0.25, 0.3) is 10.5 Å². The summed E-state index contributed by atoms with van der Waals surface area (Å²) in [6.07, 6.45) is 8.20. The molecule has 0 bridgehead atoms. The quantitative estimate of drug-likeness (QED) is 0.712. The molecule has 1 aromatic carbocycles. The number of halogens is 1. The maximum atomic E-state index is 11.6. The van der Waals surface area contributed by atoms with Crippen LogP contribution in [-0.4, -0.2) is 26.7 Å². The van der Waals surface area contributed by atoms with Crippen LogP contribution in [-0.2, 0) is 9.84 Å². The summed E-state index contributed by atoms with van der Waals surface area (Å²) >= 11 is 5.92. The number of benzene rings is 1. The fraction of sp³-hybridized carbons (Fsp3) is 0.105. The topological polar surface area (TPSA) is 58.1 Å². The fourth-order valence-electron chi connectivity index (χ4n) is 2.48. The van der Waals surface area contributed by atoms with Crippen LogP contribution in [0.1, 0.15) is 5.76 Å². The van der Waals surface area contributed by atoms with Gasteiger partial charge in [0.1, 0.15) is 5.76 Å². The van der Waals surface area contributed by atoms with Crippen molar-refractivity contribution < 1.29 is 12.8 Å². The molecule has 8 heteroatoms. The van der Waals surface area contributed by atoms with E-state index in [0.717, 1.165) is 11.9 Å². The van der Waals surface area contributed by atoms with E-state index in [2.05, 4.69) is 4.85 Å². The van der Waals surface area contributed by atoms with E-state index in [0.29, 0.717) is 10.6 Å². The molecule has 2 aromatic rings. The van der Waals surface area contributed by atoms with Gasteiger partial charge >= 0.3 is 0 Å². The number of rotatable bonds is 4. The number of allylic oxidation sites excluding steroid dienone is 3. The molecule has 0 aliphatic carbocycles. The van der Waals surface area contributed by atoms with Crippen LogP contribution in [0.4, 0.5) is 5.69 Å². The van der Waals surface area contributed by atoms with E-state index in [9.17, 15) is 8.42 Å². The van der Waals surface area contributed by atoms with Crippen LogP contribution in [0.3, 0.4) is 0 Å². The molecule has 3 rings (SSSR count). The molecule has 0 N–H and O–H groups in total. The Kier molecular flexibility index (Phi) is 5.13. The largest absolute Gasteiger partial charge is 0.456 e. The molecule has 0 spiro atoms. The molecule has 1 aliphatic rings. The molecule has 6 nitrogen and oxygen atoms in total. The highest BCUT2D eigenvalue weighted by molar-refractivity contribution is 7.90. The molecule has 0 saturated heterocycles. The first-order chi connectivity index (χ1) is 12.8. The van der Waals surface area contributed by atoms with Crippen LogP contribution >= 0.6 is 11.6 Å². The summed E-state index contributed by atoms with van der Waals surface area (Å²) < 4.78 is 28.5. The van der Waals surface area contributed by atoms with Crippen molar-refractivity contribution in [1.29, 1.82) is 0 Å². The first-order valence-corrected chi connectivity index (χ1v) is 10.1.